The fourth-order valence-electron chi connectivity index (χ4n) is 5.33. The van der Waals surface area contributed by atoms with Crippen LogP contribution < -0.4 is 0 Å². The molecule has 43 heavy (non-hydrogen) atoms. The Kier molecular flexibility index (Phi) is 31.9. The molecule has 8 nitrogen and oxygen atoms in total. The average molecular weight is 639 g/mol. The van der Waals surface area contributed by atoms with Crippen molar-refractivity contribution in [2.75, 3.05) is 33.0 Å². The van der Waals surface area contributed by atoms with Gasteiger partial charge in [-0.15, -0.1) is 0 Å². The molecule has 0 aromatic rings. The quantitative estimate of drug-likeness (QED) is 0.0401. The van der Waals surface area contributed by atoms with Crippen LogP contribution in [-0.4, -0.2) is 71.1 Å². The Balaban J connectivity index is 4.17. The SMILES string of the molecule is CCCCCCCCCCCCCCOC[C@H](COC(C(O)CO)P(=O)(O)O)OCCCCCCCCCCCCCC. The Labute approximate surface area is 265 Å². The minimum Gasteiger partial charge on any atom is -0.394 e. The van der Waals surface area contributed by atoms with Crippen LogP contribution in [0.25, 0.3) is 0 Å². The van der Waals surface area contributed by atoms with Gasteiger partial charge in [-0.3, -0.25) is 4.57 Å². The molecule has 260 valence electrons. The van der Waals surface area contributed by atoms with E-state index in [4.69, 9.17) is 14.2 Å². The molecule has 0 aliphatic rings. The van der Waals surface area contributed by atoms with Crippen molar-refractivity contribution in [2.45, 2.75) is 186 Å². The van der Waals surface area contributed by atoms with E-state index >= 15 is 0 Å². The normalized spacial score (nSPS) is 14.3. The number of hydrogen-bond acceptors (Lipinski definition) is 6. The van der Waals surface area contributed by atoms with Gasteiger partial charge >= 0.3 is 7.60 Å². The van der Waals surface area contributed by atoms with E-state index in [1.54, 1.807) is 0 Å². The number of aliphatic hydroxyl groups is 2. The molecule has 0 aromatic heterocycles. The summed E-state index contributed by atoms with van der Waals surface area (Å²) in [4.78, 5) is 19.1. The molecule has 0 radical (unpaired) electrons. The van der Waals surface area contributed by atoms with Crippen molar-refractivity contribution in [2.24, 2.45) is 0 Å². The third-order valence-corrected chi connectivity index (χ3v) is 9.25. The second-order valence-electron chi connectivity index (χ2n) is 12.4. The fraction of sp³-hybridized carbons (Fsp3) is 1.00. The first-order chi connectivity index (χ1) is 20.9. The first kappa shape index (κ1) is 43.0. The van der Waals surface area contributed by atoms with E-state index in [9.17, 15) is 24.6 Å². The van der Waals surface area contributed by atoms with E-state index in [0.29, 0.717) is 13.2 Å². The van der Waals surface area contributed by atoms with Crippen molar-refractivity contribution >= 4 is 7.60 Å². The maximum absolute atomic E-state index is 11.8. The topological polar surface area (TPSA) is 126 Å². The highest BCUT2D eigenvalue weighted by molar-refractivity contribution is 7.52. The number of aliphatic hydroxyl groups excluding tert-OH is 2. The Bertz CT molecular complexity index is 603. The Hall–Kier alpha value is -0.0500. The van der Waals surface area contributed by atoms with Crippen molar-refractivity contribution < 1.29 is 38.8 Å². The minimum atomic E-state index is -4.76. The summed E-state index contributed by atoms with van der Waals surface area (Å²) in [7, 11) is -4.76. The van der Waals surface area contributed by atoms with Crippen molar-refractivity contribution in [1.82, 2.24) is 0 Å². The average Bonchev–Trinajstić information content (AvgIpc) is 2.98. The molecule has 4 N–H and O–H groups in total. The van der Waals surface area contributed by atoms with E-state index in [0.717, 1.165) is 25.7 Å². The molecule has 0 aliphatic heterocycles. The molecule has 0 fully saturated rings. The van der Waals surface area contributed by atoms with E-state index in [1.807, 2.05) is 0 Å². The molecule has 0 saturated carbocycles. The van der Waals surface area contributed by atoms with Crippen LogP contribution in [0.15, 0.2) is 0 Å². The van der Waals surface area contributed by atoms with Gasteiger partial charge in [0.2, 0.25) is 0 Å². The highest BCUT2D eigenvalue weighted by Gasteiger charge is 2.36. The Morgan fingerprint density at radius 3 is 1.28 bits per heavy atom. The lowest BCUT2D eigenvalue weighted by atomic mass is 10.1. The largest absolute Gasteiger partial charge is 0.394 e. The summed E-state index contributed by atoms with van der Waals surface area (Å²) in [6.45, 7) is 4.98. The van der Waals surface area contributed by atoms with Crippen LogP contribution in [0.3, 0.4) is 0 Å². The number of ether oxygens (including phenoxy) is 3. The smallest absolute Gasteiger partial charge is 0.356 e. The van der Waals surface area contributed by atoms with Crippen LogP contribution in [-0.2, 0) is 18.8 Å². The molecule has 0 saturated heterocycles. The fourth-order valence-corrected chi connectivity index (χ4v) is 6.15. The first-order valence-corrected chi connectivity index (χ1v) is 19.7. The molecule has 0 aliphatic carbocycles. The predicted molar refractivity (Wildman–Crippen MR) is 178 cm³/mol. The minimum absolute atomic E-state index is 0.121. The van der Waals surface area contributed by atoms with Gasteiger partial charge < -0.3 is 34.2 Å². The van der Waals surface area contributed by atoms with Crippen LogP contribution >= 0.6 is 7.60 Å². The third-order valence-electron chi connectivity index (χ3n) is 8.10. The molecule has 0 heterocycles. The number of hydrogen-bond donors (Lipinski definition) is 4. The maximum Gasteiger partial charge on any atom is 0.356 e. The molecule has 0 amide bonds. The van der Waals surface area contributed by atoms with Gasteiger partial charge in [-0.1, -0.05) is 155 Å². The second-order valence-corrected chi connectivity index (χ2v) is 14.1. The zero-order chi connectivity index (χ0) is 31.9. The summed E-state index contributed by atoms with van der Waals surface area (Å²) < 4.78 is 29.0. The van der Waals surface area contributed by atoms with Gasteiger partial charge in [0.1, 0.15) is 12.2 Å². The van der Waals surface area contributed by atoms with Gasteiger partial charge in [-0.25, -0.2) is 0 Å². The second kappa shape index (κ2) is 31.9. The molecule has 3 atom stereocenters. The summed E-state index contributed by atoms with van der Waals surface area (Å²) >= 11 is 0. The first-order valence-electron chi connectivity index (χ1n) is 18.0. The van der Waals surface area contributed by atoms with E-state index in [2.05, 4.69) is 13.8 Å². The van der Waals surface area contributed by atoms with Crippen LogP contribution in [0.2, 0.25) is 0 Å². The molecule has 0 spiro atoms. The van der Waals surface area contributed by atoms with Crippen molar-refractivity contribution in [1.29, 1.82) is 0 Å². The molecule has 9 heteroatoms. The predicted octanol–water partition coefficient (Wildman–Crippen LogP) is 8.66. The van der Waals surface area contributed by atoms with Crippen molar-refractivity contribution in [3.8, 4) is 0 Å². The standard InChI is InChI=1S/C34H71O8P/c1-3-5-7-9-11-13-15-17-19-21-23-25-27-40-30-32(31-42-34(33(36)29-35)43(37,38)39)41-28-26-24-22-20-18-16-14-12-10-8-6-4-2/h32-36H,3-31H2,1-2H3,(H2,37,38,39)/t32-,33?,34?/m1/s1. The molecule has 0 bridgehead atoms. The summed E-state index contributed by atoms with van der Waals surface area (Å²) in [5.41, 5.74) is 0. The van der Waals surface area contributed by atoms with Crippen molar-refractivity contribution in [3.05, 3.63) is 0 Å². The van der Waals surface area contributed by atoms with Crippen molar-refractivity contribution in [3.63, 3.8) is 0 Å². The lowest BCUT2D eigenvalue weighted by molar-refractivity contribution is -0.0924. The van der Waals surface area contributed by atoms with E-state index < -0.39 is 32.3 Å². The van der Waals surface area contributed by atoms with Crippen LogP contribution in [0.1, 0.15) is 168 Å². The van der Waals surface area contributed by atoms with Gasteiger partial charge in [0.15, 0.2) is 5.85 Å². The number of rotatable bonds is 35. The Morgan fingerprint density at radius 1 is 0.535 bits per heavy atom. The van der Waals surface area contributed by atoms with Gasteiger partial charge in [-0.2, -0.15) is 0 Å². The van der Waals surface area contributed by atoms with E-state index in [1.165, 1.54) is 128 Å². The monoisotopic (exact) mass is 638 g/mol. The third kappa shape index (κ3) is 29.1. The van der Waals surface area contributed by atoms with Gasteiger partial charge in [0.05, 0.1) is 19.8 Å². The van der Waals surface area contributed by atoms with Gasteiger partial charge in [0, 0.05) is 13.2 Å². The summed E-state index contributed by atoms with van der Waals surface area (Å²) in [5.74, 6) is -1.79. The summed E-state index contributed by atoms with van der Waals surface area (Å²) in [6.07, 6.45) is 28.3. The maximum atomic E-state index is 11.8. The highest BCUT2D eigenvalue weighted by atomic mass is 31.2. The zero-order valence-corrected chi connectivity index (χ0v) is 29.0. The van der Waals surface area contributed by atoms with Gasteiger partial charge in [-0.05, 0) is 12.8 Å². The number of unbranched alkanes of at least 4 members (excludes halogenated alkanes) is 22. The molecule has 2 unspecified atom stereocenters. The summed E-state index contributed by atoms with van der Waals surface area (Å²) in [5, 5.41) is 19.0. The van der Waals surface area contributed by atoms with Crippen LogP contribution in [0.4, 0.5) is 0 Å². The van der Waals surface area contributed by atoms with Crippen LogP contribution in [0.5, 0.6) is 0 Å². The zero-order valence-electron chi connectivity index (χ0n) is 28.1. The summed E-state index contributed by atoms with van der Waals surface area (Å²) in [6, 6.07) is 0. The molecule has 0 rings (SSSR count). The molecule has 0 aromatic carbocycles. The highest BCUT2D eigenvalue weighted by Crippen LogP contribution is 2.43. The van der Waals surface area contributed by atoms with E-state index in [-0.39, 0.29) is 13.2 Å². The molecular weight excluding hydrogens is 567 g/mol. The lowest BCUT2D eigenvalue weighted by Gasteiger charge is -2.25. The van der Waals surface area contributed by atoms with Crippen LogP contribution in [0, 0.1) is 0 Å². The Morgan fingerprint density at radius 2 is 0.907 bits per heavy atom. The van der Waals surface area contributed by atoms with Gasteiger partial charge in [0.25, 0.3) is 0 Å². The molecular formula is C34H71O8P. The lowest BCUT2D eigenvalue weighted by Crippen LogP contribution is -2.36.